The molecular weight excluding hydrogens is 218 g/mol. The second kappa shape index (κ2) is 6.75. The third-order valence-corrected chi connectivity index (χ3v) is 2.99. The maximum Gasteiger partial charge on any atom is 0.0625 e. The number of rotatable bonds is 5. The predicted octanol–water partition coefficient (Wildman–Crippen LogP) is 4.97. The molecule has 0 fully saturated rings. The molecule has 0 bridgehead atoms. The molecule has 0 N–H and O–H groups in total. The van der Waals surface area contributed by atoms with Crippen molar-refractivity contribution in [3.05, 3.63) is 66.2 Å². The van der Waals surface area contributed by atoms with E-state index in [1.807, 2.05) is 30.3 Å². The molecule has 0 spiro atoms. The fraction of sp³-hybridized carbons (Fsp3) is 0.235. The van der Waals surface area contributed by atoms with Gasteiger partial charge in [0.15, 0.2) is 0 Å². The Morgan fingerprint density at radius 3 is 2.17 bits per heavy atom. The molecule has 0 heterocycles. The fourth-order valence-electron chi connectivity index (χ4n) is 2.03. The second-order valence-electron chi connectivity index (χ2n) is 4.42. The van der Waals surface area contributed by atoms with Crippen LogP contribution < -0.4 is 0 Å². The largest absolute Gasteiger partial charge is 0.261 e. The van der Waals surface area contributed by atoms with Crippen molar-refractivity contribution in [1.29, 1.82) is 0 Å². The summed E-state index contributed by atoms with van der Waals surface area (Å²) >= 11 is 0. The Bertz CT molecular complexity index is 473. The summed E-state index contributed by atoms with van der Waals surface area (Å²) in [5.41, 5.74) is 2.37. The van der Waals surface area contributed by atoms with Gasteiger partial charge < -0.3 is 0 Å². The molecular formula is C17H19N. The van der Waals surface area contributed by atoms with Crippen LogP contribution in [-0.2, 0) is 0 Å². The highest BCUT2D eigenvalue weighted by Crippen LogP contribution is 2.20. The summed E-state index contributed by atoms with van der Waals surface area (Å²) in [6, 6.07) is 20.7. The van der Waals surface area contributed by atoms with Crippen LogP contribution in [0.2, 0.25) is 0 Å². The summed E-state index contributed by atoms with van der Waals surface area (Å²) in [6.45, 7) is 2.21. The van der Waals surface area contributed by atoms with Crippen molar-refractivity contribution in [2.24, 2.45) is 4.99 Å². The summed E-state index contributed by atoms with van der Waals surface area (Å²) in [5.74, 6) is 0.413. The molecule has 1 atom stereocenters. The highest BCUT2D eigenvalue weighted by molar-refractivity contribution is 5.71. The van der Waals surface area contributed by atoms with Gasteiger partial charge in [0.05, 0.1) is 5.69 Å². The molecule has 0 aliphatic carbocycles. The summed E-state index contributed by atoms with van der Waals surface area (Å²) in [5, 5.41) is 0. The standard InChI is InChI=1S/C17H19N/c1-2-9-16(15-10-5-3-6-11-15)14-18-17-12-7-4-8-13-17/h3-8,10-14,16H,2,9H2,1H3. The molecule has 2 aromatic carbocycles. The smallest absolute Gasteiger partial charge is 0.0625 e. The number of nitrogens with zero attached hydrogens (tertiary/aromatic N) is 1. The zero-order chi connectivity index (χ0) is 12.6. The maximum absolute atomic E-state index is 4.58. The molecule has 18 heavy (non-hydrogen) atoms. The Labute approximate surface area is 109 Å². The van der Waals surface area contributed by atoms with Crippen molar-refractivity contribution in [2.45, 2.75) is 25.7 Å². The Kier molecular flexibility index (Phi) is 4.71. The normalized spacial score (nSPS) is 12.7. The van der Waals surface area contributed by atoms with Gasteiger partial charge in [-0.1, -0.05) is 61.9 Å². The topological polar surface area (TPSA) is 12.4 Å². The van der Waals surface area contributed by atoms with E-state index < -0.39 is 0 Å². The molecule has 92 valence electrons. The van der Waals surface area contributed by atoms with Crippen LogP contribution >= 0.6 is 0 Å². The van der Waals surface area contributed by atoms with Crippen LogP contribution in [0.15, 0.2) is 65.7 Å². The van der Waals surface area contributed by atoms with Gasteiger partial charge in [-0.3, -0.25) is 4.99 Å². The number of hydrogen-bond acceptors (Lipinski definition) is 1. The average Bonchev–Trinajstić information content (AvgIpc) is 2.45. The highest BCUT2D eigenvalue weighted by Gasteiger charge is 2.06. The van der Waals surface area contributed by atoms with E-state index in [4.69, 9.17) is 0 Å². The lowest BCUT2D eigenvalue weighted by molar-refractivity contribution is 0.754. The van der Waals surface area contributed by atoms with Crippen LogP contribution in [0.4, 0.5) is 5.69 Å². The number of para-hydroxylation sites is 1. The van der Waals surface area contributed by atoms with Gasteiger partial charge in [0.25, 0.3) is 0 Å². The molecule has 1 unspecified atom stereocenters. The first-order valence-corrected chi connectivity index (χ1v) is 6.54. The van der Waals surface area contributed by atoms with E-state index in [-0.39, 0.29) is 0 Å². The summed E-state index contributed by atoms with van der Waals surface area (Å²) < 4.78 is 0. The molecule has 0 aromatic heterocycles. The van der Waals surface area contributed by atoms with E-state index in [1.165, 1.54) is 12.0 Å². The van der Waals surface area contributed by atoms with Gasteiger partial charge in [0.1, 0.15) is 0 Å². The Hall–Kier alpha value is -1.89. The predicted molar refractivity (Wildman–Crippen MR) is 78.7 cm³/mol. The third kappa shape index (κ3) is 3.56. The molecule has 0 amide bonds. The minimum Gasteiger partial charge on any atom is -0.261 e. The number of benzene rings is 2. The molecule has 2 aromatic rings. The van der Waals surface area contributed by atoms with Gasteiger partial charge in [-0.05, 0) is 24.1 Å². The average molecular weight is 237 g/mol. The molecule has 0 saturated carbocycles. The van der Waals surface area contributed by atoms with Crippen LogP contribution in [0.5, 0.6) is 0 Å². The third-order valence-electron chi connectivity index (χ3n) is 2.99. The number of hydrogen-bond donors (Lipinski definition) is 0. The number of aliphatic imine (C=N–C) groups is 1. The van der Waals surface area contributed by atoms with Gasteiger partial charge in [-0.15, -0.1) is 0 Å². The summed E-state index contributed by atoms with van der Waals surface area (Å²) in [6.07, 6.45) is 4.38. The van der Waals surface area contributed by atoms with E-state index in [0.29, 0.717) is 5.92 Å². The lowest BCUT2D eigenvalue weighted by Crippen LogP contribution is -1.99. The van der Waals surface area contributed by atoms with Gasteiger partial charge in [0.2, 0.25) is 0 Å². The fourth-order valence-corrected chi connectivity index (χ4v) is 2.03. The van der Waals surface area contributed by atoms with Crippen molar-refractivity contribution in [2.75, 3.05) is 0 Å². The van der Waals surface area contributed by atoms with Crippen molar-refractivity contribution in [1.82, 2.24) is 0 Å². The Balaban J connectivity index is 2.14. The molecule has 2 rings (SSSR count). The SMILES string of the molecule is CCCC(C=Nc1ccccc1)c1ccccc1. The van der Waals surface area contributed by atoms with Crippen LogP contribution in [0.3, 0.4) is 0 Å². The van der Waals surface area contributed by atoms with E-state index in [2.05, 4.69) is 48.5 Å². The van der Waals surface area contributed by atoms with E-state index in [1.54, 1.807) is 0 Å². The molecule has 1 heteroatoms. The first-order chi connectivity index (χ1) is 8.90. The van der Waals surface area contributed by atoms with Crippen LogP contribution in [0.25, 0.3) is 0 Å². The van der Waals surface area contributed by atoms with Crippen molar-refractivity contribution in [3.63, 3.8) is 0 Å². The molecule has 1 nitrogen and oxygen atoms in total. The lowest BCUT2D eigenvalue weighted by atomic mass is 9.96. The van der Waals surface area contributed by atoms with Gasteiger partial charge in [-0.25, -0.2) is 0 Å². The molecule has 0 saturated heterocycles. The van der Waals surface area contributed by atoms with Crippen LogP contribution in [0, 0.1) is 0 Å². The summed E-state index contributed by atoms with van der Waals surface area (Å²) in [7, 11) is 0. The van der Waals surface area contributed by atoms with E-state index in [9.17, 15) is 0 Å². The minimum absolute atomic E-state index is 0.413. The monoisotopic (exact) mass is 237 g/mol. The zero-order valence-corrected chi connectivity index (χ0v) is 10.8. The lowest BCUT2D eigenvalue weighted by Gasteiger charge is -2.11. The van der Waals surface area contributed by atoms with Crippen LogP contribution in [0.1, 0.15) is 31.2 Å². The van der Waals surface area contributed by atoms with E-state index >= 15 is 0 Å². The first kappa shape index (κ1) is 12.6. The zero-order valence-electron chi connectivity index (χ0n) is 10.8. The Morgan fingerprint density at radius 1 is 0.944 bits per heavy atom. The minimum atomic E-state index is 0.413. The van der Waals surface area contributed by atoms with Crippen molar-refractivity contribution >= 4 is 11.9 Å². The first-order valence-electron chi connectivity index (χ1n) is 6.54. The van der Waals surface area contributed by atoms with E-state index in [0.717, 1.165) is 12.1 Å². The molecule has 0 radical (unpaired) electrons. The van der Waals surface area contributed by atoms with Crippen molar-refractivity contribution in [3.8, 4) is 0 Å². The maximum atomic E-state index is 4.58. The van der Waals surface area contributed by atoms with Crippen LogP contribution in [-0.4, -0.2) is 6.21 Å². The Morgan fingerprint density at radius 2 is 1.56 bits per heavy atom. The van der Waals surface area contributed by atoms with Crippen molar-refractivity contribution < 1.29 is 0 Å². The summed E-state index contributed by atoms with van der Waals surface area (Å²) in [4.78, 5) is 4.58. The van der Waals surface area contributed by atoms with Gasteiger partial charge in [0, 0.05) is 12.1 Å². The molecule has 0 aliphatic heterocycles. The van der Waals surface area contributed by atoms with Gasteiger partial charge >= 0.3 is 0 Å². The van der Waals surface area contributed by atoms with Gasteiger partial charge in [-0.2, -0.15) is 0 Å². The quantitative estimate of drug-likeness (QED) is 0.651. The highest BCUT2D eigenvalue weighted by atomic mass is 14.7. The molecule has 0 aliphatic rings. The second-order valence-corrected chi connectivity index (χ2v) is 4.42.